The molecule has 1 aliphatic rings. The second-order valence-corrected chi connectivity index (χ2v) is 5.93. The van der Waals surface area contributed by atoms with E-state index >= 15 is 0 Å². The van der Waals surface area contributed by atoms with Gasteiger partial charge < -0.3 is 15.4 Å². The number of benzene rings is 2. The summed E-state index contributed by atoms with van der Waals surface area (Å²) in [6.07, 6.45) is 1.19. The number of fused-ring (bicyclic) bond motifs is 1. The van der Waals surface area contributed by atoms with Crippen LogP contribution in [0.2, 0.25) is 0 Å². The van der Waals surface area contributed by atoms with Crippen molar-refractivity contribution in [1.29, 1.82) is 0 Å². The molecule has 0 radical (unpaired) electrons. The fourth-order valence-electron chi connectivity index (χ4n) is 2.64. The molecular formula is C19H20N2O3. The predicted octanol–water partition coefficient (Wildman–Crippen LogP) is 2.57. The van der Waals surface area contributed by atoms with E-state index in [4.69, 9.17) is 4.74 Å². The van der Waals surface area contributed by atoms with Gasteiger partial charge in [0.25, 0.3) is 5.91 Å². The summed E-state index contributed by atoms with van der Waals surface area (Å²) in [5.41, 5.74) is 3.98. The Balaban J connectivity index is 1.50. The van der Waals surface area contributed by atoms with Gasteiger partial charge in [-0.2, -0.15) is 0 Å². The van der Waals surface area contributed by atoms with E-state index in [-0.39, 0.29) is 18.4 Å². The standard InChI is InChI=1S/C19H20N2O3/c1-13-3-2-4-14(9-13)6-8-18(22)20-11-15-5-7-16-17(10-15)24-12-19(23)21-16/h2-5,7,9-10H,6,8,11-12H2,1H3,(H,20,22)(H,21,23). The van der Waals surface area contributed by atoms with E-state index in [0.29, 0.717) is 24.4 Å². The van der Waals surface area contributed by atoms with E-state index in [9.17, 15) is 9.59 Å². The Labute approximate surface area is 141 Å². The first-order valence-electron chi connectivity index (χ1n) is 7.98. The minimum Gasteiger partial charge on any atom is -0.482 e. The highest BCUT2D eigenvalue weighted by Crippen LogP contribution is 2.28. The van der Waals surface area contributed by atoms with Crippen molar-refractivity contribution < 1.29 is 14.3 Å². The van der Waals surface area contributed by atoms with Gasteiger partial charge in [-0.1, -0.05) is 35.9 Å². The van der Waals surface area contributed by atoms with E-state index in [0.717, 1.165) is 12.0 Å². The highest BCUT2D eigenvalue weighted by Gasteiger charge is 2.15. The second-order valence-electron chi connectivity index (χ2n) is 5.93. The molecule has 2 aromatic carbocycles. The smallest absolute Gasteiger partial charge is 0.262 e. The molecule has 24 heavy (non-hydrogen) atoms. The highest BCUT2D eigenvalue weighted by atomic mass is 16.5. The summed E-state index contributed by atoms with van der Waals surface area (Å²) in [6, 6.07) is 13.7. The monoisotopic (exact) mass is 324 g/mol. The molecule has 1 aliphatic heterocycles. The van der Waals surface area contributed by atoms with Crippen LogP contribution in [0.4, 0.5) is 5.69 Å². The quantitative estimate of drug-likeness (QED) is 0.888. The van der Waals surface area contributed by atoms with Crippen LogP contribution in [0.3, 0.4) is 0 Å². The van der Waals surface area contributed by atoms with Gasteiger partial charge in [0.15, 0.2) is 6.61 Å². The number of amides is 2. The highest BCUT2D eigenvalue weighted by molar-refractivity contribution is 5.95. The first kappa shape index (κ1) is 16.1. The summed E-state index contributed by atoms with van der Waals surface area (Å²) in [4.78, 5) is 23.2. The van der Waals surface area contributed by atoms with Gasteiger partial charge in [0.05, 0.1) is 5.69 Å². The van der Waals surface area contributed by atoms with Crippen molar-refractivity contribution in [3.8, 4) is 5.75 Å². The van der Waals surface area contributed by atoms with Crippen molar-refractivity contribution >= 4 is 17.5 Å². The van der Waals surface area contributed by atoms with Crippen molar-refractivity contribution in [2.45, 2.75) is 26.3 Å². The number of nitrogens with one attached hydrogen (secondary N) is 2. The maximum atomic E-state index is 12.0. The zero-order chi connectivity index (χ0) is 16.9. The molecule has 0 bridgehead atoms. The van der Waals surface area contributed by atoms with E-state index < -0.39 is 0 Å². The normalized spacial score (nSPS) is 12.8. The maximum absolute atomic E-state index is 12.0. The van der Waals surface area contributed by atoms with Gasteiger partial charge in [-0.3, -0.25) is 9.59 Å². The molecule has 2 aromatic rings. The number of aryl methyl sites for hydroxylation is 2. The van der Waals surface area contributed by atoms with Crippen LogP contribution < -0.4 is 15.4 Å². The molecule has 5 nitrogen and oxygen atoms in total. The topological polar surface area (TPSA) is 67.4 Å². The molecule has 0 atom stereocenters. The third-order valence-electron chi connectivity index (χ3n) is 3.89. The van der Waals surface area contributed by atoms with E-state index in [1.165, 1.54) is 11.1 Å². The Morgan fingerprint density at radius 2 is 2.08 bits per heavy atom. The van der Waals surface area contributed by atoms with Crippen LogP contribution >= 0.6 is 0 Å². The SMILES string of the molecule is Cc1cccc(CCC(=O)NCc2ccc3c(c2)OCC(=O)N3)c1. The summed E-state index contributed by atoms with van der Waals surface area (Å²) in [6.45, 7) is 2.51. The Bertz CT molecular complexity index is 771. The van der Waals surface area contributed by atoms with Crippen LogP contribution in [0.15, 0.2) is 42.5 Å². The zero-order valence-electron chi connectivity index (χ0n) is 13.6. The number of carbonyl (C=O) groups excluding carboxylic acids is 2. The number of hydrogen-bond acceptors (Lipinski definition) is 3. The van der Waals surface area contributed by atoms with E-state index in [2.05, 4.69) is 16.7 Å². The molecule has 0 spiro atoms. The Morgan fingerprint density at radius 1 is 1.21 bits per heavy atom. The van der Waals surface area contributed by atoms with Crippen LogP contribution in [-0.4, -0.2) is 18.4 Å². The van der Waals surface area contributed by atoms with Gasteiger partial charge in [0.2, 0.25) is 5.91 Å². The molecule has 0 aromatic heterocycles. The maximum Gasteiger partial charge on any atom is 0.262 e. The Kier molecular flexibility index (Phi) is 4.79. The summed E-state index contributed by atoms with van der Waals surface area (Å²) < 4.78 is 5.37. The van der Waals surface area contributed by atoms with Crippen LogP contribution in [0.25, 0.3) is 0 Å². The molecule has 0 saturated carbocycles. The lowest BCUT2D eigenvalue weighted by Gasteiger charge is -2.18. The molecule has 1 heterocycles. The van der Waals surface area contributed by atoms with Crippen LogP contribution in [-0.2, 0) is 22.6 Å². The first-order valence-corrected chi connectivity index (χ1v) is 7.98. The Morgan fingerprint density at radius 3 is 2.92 bits per heavy atom. The van der Waals surface area contributed by atoms with Gasteiger partial charge in [-0.15, -0.1) is 0 Å². The average molecular weight is 324 g/mol. The van der Waals surface area contributed by atoms with Crippen molar-refractivity contribution in [3.63, 3.8) is 0 Å². The number of anilines is 1. The number of rotatable bonds is 5. The van der Waals surface area contributed by atoms with Gasteiger partial charge >= 0.3 is 0 Å². The summed E-state index contributed by atoms with van der Waals surface area (Å²) >= 11 is 0. The molecule has 2 N–H and O–H groups in total. The van der Waals surface area contributed by atoms with Gasteiger partial charge in [-0.05, 0) is 36.6 Å². The zero-order valence-corrected chi connectivity index (χ0v) is 13.6. The lowest BCUT2D eigenvalue weighted by molar-refractivity contribution is -0.121. The van der Waals surface area contributed by atoms with E-state index in [1.807, 2.05) is 37.3 Å². The average Bonchev–Trinajstić information content (AvgIpc) is 2.58. The fraction of sp³-hybridized carbons (Fsp3) is 0.263. The van der Waals surface area contributed by atoms with Gasteiger partial charge in [0, 0.05) is 13.0 Å². The van der Waals surface area contributed by atoms with Crippen molar-refractivity contribution in [2.24, 2.45) is 0 Å². The first-order chi connectivity index (χ1) is 11.6. The second kappa shape index (κ2) is 7.17. The molecule has 5 heteroatoms. The molecular weight excluding hydrogens is 304 g/mol. The van der Waals surface area contributed by atoms with E-state index in [1.54, 1.807) is 6.07 Å². The summed E-state index contributed by atoms with van der Waals surface area (Å²) in [7, 11) is 0. The van der Waals surface area contributed by atoms with Crippen molar-refractivity contribution in [1.82, 2.24) is 5.32 Å². The molecule has 2 amide bonds. The van der Waals surface area contributed by atoms with Gasteiger partial charge in [-0.25, -0.2) is 0 Å². The molecule has 0 fully saturated rings. The molecule has 124 valence electrons. The lowest BCUT2D eigenvalue weighted by Crippen LogP contribution is -2.26. The van der Waals surface area contributed by atoms with Crippen molar-refractivity contribution in [3.05, 3.63) is 59.2 Å². The minimum absolute atomic E-state index is 0.0171. The lowest BCUT2D eigenvalue weighted by atomic mass is 10.1. The minimum atomic E-state index is -0.153. The number of hydrogen-bond donors (Lipinski definition) is 2. The fourth-order valence-corrected chi connectivity index (χ4v) is 2.64. The number of ether oxygens (including phenoxy) is 1. The summed E-state index contributed by atoms with van der Waals surface area (Å²) in [5, 5.41) is 5.66. The number of carbonyl (C=O) groups is 2. The molecule has 0 saturated heterocycles. The summed E-state index contributed by atoms with van der Waals surface area (Å²) in [5.74, 6) is 0.504. The largest absolute Gasteiger partial charge is 0.482 e. The Hall–Kier alpha value is -2.82. The predicted molar refractivity (Wildman–Crippen MR) is 91.9 cm³/mol. The van der Waals surface area contributed by atoms with Crippen LogP contribution in [0, 0.1) is 6.92 Å². The third kappa shape index (κ3) is 4.13. The van der Waals surface area contributed by atoms with Gasteiger partial charge in [0.1, 0.15) is 5.75 Å². The van der Waals surface area contributed by atoms with Crippen LogP contribution in [0.1, 0.15) is 23.1 Å². The van der Waals surface area contributed by atoms with Crippen LogP contribution in [0.5, 0.6) is 5.75 Å². The molecule has 0 unspecified atom stereocenters. The van der Waals surface area contributed by atoms with Crippen molar-refractivity contribution in [2.75, 3.05) is 11.9 Å². The molecule has 0 aliphatic carbocycles. The molecule has 3 rings (SSSR count). The third-order valence-corrected chi connectivity index (χ3v) is 3.89.